The Labute approximate surface area is 116 Å². The van der Waals surface area contributed by atoms with E-state index in [1.165, 1.54) is 11.3 Å². The van der Waals surface area contributed by atoms with Gasteiger partial charge < -0.3 is 10.6 Å². The lowest BCUT2D eigenvalue weighted by Crippen LogP contribution is -2.21. The molecule has 0 bridgehead atoms. The lowest BCUT2D eigenvalue weighted by Gasteiger charge is -2.20. The number of benzene rings is 2. The van der Waals surface area contributed by atoms with Crippen molar-refractivity contribution in [2.45, 2.75) is 20.8 Å². The van der Waals surface area contributed by atoms with E-state index in [1.54, 1.807) is 0 Å². The molecule has 2 heteroatoms. The van der Waals surface area contributed by atoms with Gasteiger partial charge in [0.25, 0.3) is 0 Å². The summed E-state index contributed by atoms with van der Waals surface area (Å²) in [6.45, 7) is 8.47. The molecule has 0 saturated heterocycles. The predicted octanol–water partition coefficient (Wildman–Crippen LogP) is 4.11. The average Bonchev–Trinajstić information content (AvgIpc) is 2.44. The van der Waals surface area contributed by atoms with E-state index >= 15 is 0 Å². The minimum atomic E-state index is 0.825. The Balaban J connectivity index is 0.000000218. The van der Waals surface area contributed by atoms with Crippen LogP contribution >= 0.6 is 0 Å². The highest BCUT2D eigenvalue weighted by Gasteiger charge is 1.99. The van der Waals surface area contributed by atoms with Gasteiger partial charge in [0.15, 0.2) is 0 Å². The molecule has 0 aromatic heterocycles. The molecule has 0 spiro atoms. The third kappa shape index (κ3) is 5.47. The van der Waals surface area contributed by atoms with Crippen LogP contribution in [0.1, 0.15) is 19.4 Å². The second kappa shape index (κ2) is 8.20. The first kappa shape index (κ1) is 15.1. The Morgan fingerprint density at radius 2 is 1.37 bits per heavy atom. The van der Waals surface area contributed by atoms with Crippen LogP contribution < -0.4 is 10.6 Å². The molecule has 0 aliphatic rings. The van der Waals surface area contributed by atoms with E-state index in [0.29, 0.717) is 0 Å². The van der Waals surface area contributed by atoms with Crippen LogP contribution in [0.5, 0.6) is 0 Å². The molecule has 0 amide bonds. The number of hydrogen-bond acceptors (Lipinski definition) is 2. The second-order valence-electron chi connectivity index (χ2n) is 4.42. The summed E-state index contributed by atoms with van der Waals surface area (Å²) in [6, 6.07) is 18.3. The van der Waals surface area contributed by atoms with Crippen LogP contribution in [0.3, 0.4) is 0 Å². The number of aryl methyl sites for hydroxylation is 1. The summed E-state index contributed by atoms with van der Waals surface area (Å²) >= 11 is 0. The van der Waals surface area contributed by atoms with E-state index in [-0.39, 0.29) is 0 Å². The summed E-state index contributed by atoms with van der Waals surface area (Å²) in [6.07, 6.45) is 0. The molecular weight excluding hydrogens is 232 g/mol. The van der Waals surface area contributed by atoms with Crippen molar-refractivity contribution in [3.8, 4) is 0 Å². The molecule has 0 fully saturated rings. The first-order valence-corrected chi connectivity index (χ1v) is 6.79. The van der Waals surface area contributed by atoms with E-state index in [1.807, 2.05) is 30.3 Å². The molecule has 0 aliphatic carbocycles. The van der Waals surface area contributed by atoms with Gasteiger partial charge >= 0.3 is 0 Å². The van der Waals surface area contributed by atoms with Crippen molar-refractivity contribution < 1.29 is 0 Å². The highest BCUT2D eigenvalue weighted by Crippen LogP contribution is 2.15. The largest absolute Gasteiger partial charge is 0.399 e. The molecule has 2 rings (SSSR count). The second-order valence-corrected chi connectivity index (χ2v) is 4.42. The minimum Gasteiger partial charge on any atom is -0.399 e. The Kier molecular flexibility index (Phi) is 6.51. The molecule has 2 nitrogen and oxygen atoms in total. The summed E-state index contributed by atoms with van der Waals surface area (Å²) < 4.78 is 0. The van der Waals surface area contributed by atoms with Crippen molar-refractivity contribution in [3.05, 3.63) is 60.2 Å². The third-order valence-corrected chi connectivity index (χ3v) is 2.96. The lowest BCUT2D eigenvalue weighted by molar-refractivity contribution is 0.866. The number of nitrogen functional groups attached to an aromatic ring is 1. The zero-order chi connectivity index (χ0) is 14.1. The Bertz CT molecular complexity index is 444. The monoisotopic (exact) mass is 256 g/mol. The molecular formula is C17H24N2. The third-order valence-electron chi connectivity index (χ3n) is 2.96. The molecule has 19 heavy (non-hydrogen) atoms. The first-order chi connectivity index (χ1) is 9.17. The number of hydrogen-bond donors (Lipinski definition) is 1. The quantitative estimate of drug-likeness (QED) is 0.837. The zero-order valence-corrected chi connectivity index (χ0v) is 12.1. The van der Waals surface area contributed by atoms with Crippen LogP contribution in [-0.4, -0.2) is 13.1 Å². The van der Waals surface area contributed by atoms with E-state index in [0.717, 1.165) is 18.8 Å². The van der Waals surface area contributed by atoms with Crippen molar-refractivity contribution in [3.63, 3.8) is 0 Å². The maximum atomic E-state index is 5.59. The van der Waals surface area contributed by atoms with Crippen LogP contribution in [0.2, 0.25) is 0 Å². The van der Waals surface area contributed by atoms with Crippen molar-refractivity contribution in [1.29, 1.82) is 0 Å². The van der Waals surface area contributed by atoms with Gasteiger partial charge in [-0.05, 0) is 45.0 Å². The molecule has 0 unspecified atom stereocenters. The highest BCUT2D eigenvalue weighted by atomic mass is 15.1. The minimum absolute atomic E-state index is 0.825. The molecule has 2 aromatic rings. The summed E-state index contributed by atoms with van der Waals surface area (Å²) in [5.41, 5.74) is 8.98. The molecule has 102 valence electrons. The van der Waals surface area contributed by atoms with Gasteiger partial charge in [-0.25, -0.2) is 0 Å². The van der Waals surface area contributed by atoms with Crippen LogP contribution in [0.4, 0.5) is 11.4 Å². The summed E-state index contributed by atoms with van der Waals surface area (Å²) in [5, 5.41) is 0. The fraction of sp³-hybridized carbons (Fsp3) is 0.294. The standard InChI is InChI=1S/C10H16N2.C7H8/c1-3-12(4-2)10-7-5-9(11)6-8-10;1-7-5-3-2-4-6-7/h5-8H,3-4,11H2,1-2H3;2-6H,1H3. The van der Waals surface area contributed by atoms with Crippen LogP contribution in [0.15, 0.2) is 54.6 Å². The van der Waals surface area contributed by atoms with Gasteiger partial charge in [0.2, 0.25) is 0 Å². The molecule has 2 aromatic carbocycles. The predicted molar refractivity (Wildman–Crippen MR) is 85.6 cm³/mol. The maximum absolute atomic E-state index is 5.59. The van der Waals surface area contributed by atoms with Gasteiger partial charge in [-0.1, -0.05) is 35.9 Å². The Morgan fingerprint density at radius 3 is 1.74 bits per heavy atom. The van der Waals surface area contributed by atoms with Crippen LogP contribution in [-0.2, 0) is 0 Å². The summed E-state index contributed by atoms with van der Waals surface area (Å²) in [4.78, 5) is 2.29. The topological polar surface area (TPSA) is 29.3 Å². The highest BCUT2D eigenvalue weighted by molar-refractivity contribution is 5.52. The number of nitrogens with two attached hydrogens (primary N) is 1. The number of nitrogens with zero attached hydrogens (tertiary/aromatic N) is 1. The van der Waals surface area contributed by atoms with Crippen LogP contribution in [0, 0.1) is 6.92 Å². The zero-order valence-electron chi connectivity index (χ0n) is 12.1. The molecule has 0 atom stereocenters. The fourth-order valence-electron chi connectivity index (χ4n) is 1.81. The van der Waals surface area contributed by atoms with Gasteiger partial charge in [-0.3, -0.25) is 0 Å². The molecule has 0 radical (unpaired) electrons. The Hall–Kier alpha value is -1.96. The van der Waals surface area contributed by atoms with Crippen molar-refractivity contribution in [1.82, 2.24) is 0 Å². The maximum Gasteiger partial charge on any atom is 0.0367 e. The summed E-state index contributed by atoms with van der Waals surface area (Å²) in [5.74, 6) is 0. The van der Waals surface area contributed by atoms with E-state index in [9.17, 15) is 0 Å². The summed E-state index contributed by atoms with van der Waals surface area (Å²) in [7, 11) is 0. The van der Waals surface area contributed by atoms with Crippen molar-refractivity contribution >= 4 is 11.4 Å². The smallest absolute Gasteiger partial charge is 0.0367 e. The number of anilines is 2. The lowest BCUT2D eigenvalue weighted by atomic mass is 10.2. The Morgan fingerprint density at radius 1 is 0.842 bits per heavy atom. The van der Waals surface area contributed by atoms with Crippen molar-refractivity contribution in [2.24, 2.45) is 0 Å². The molecule has 0 saturated carbocycles. The SMILES string of the molecule is CCN(CC)c1ccc(N)cc1.Cc1ccccc1. The normalized spacial score (nSPS) is 9.42. The average molecular weight is 256 g/mol. The van der Waals surface area contributed by atoms with Gasteiger partial charge in [0.1, 0.15) is 0 Å². The van der Waals surface area contributed by atoms with Gasteiger partial charge in [-0.2, -0.15) is 0 Å². The molecule has 2 N–H and O–H groups in total. The van der Waals surface area contributed by atoms with Gasteiger partial charge in [0.05, 0.1) is 0 Å². The first-order valence-electron chi connectivity index (χ1n) is 6.79. The fourth-order valence-corrected chi connectivity index (χ4v) is 1.81. The van der Waals surface area contributed by atoms with Crippen molar-refractivity contribution in [2.75, 3.05) is 23.7 Å². The van der Waals surface area contributed by atoms with Crippen LogP contribution in [0.25, 0.3) is 0 Å². The van der Waals surface area contributed by atoms with E-state index in [2.05, 4.69) is 49.9 Å². The van der Waals surface area contributed by atoms with E-state index in [4.69, 9.17) is 5.73 Å². The van der Waals surface area contributed by atoms with E-state index < -0.39 is 0 Å². The molecule has 0 heterocycles. The number of rotatable bonds is 3. The van der Waals surface area contributed by atoms with Gasteiger partial charge in [-0.15, -0.1) is 0 Å². The van der Waals surface area contributed by atoms with Gasteiger partial charge in [0, 0.05) is 24.5 Å². The molecule has 0 aliphatic heterocycles.